The Balaban J connectivity index is 4.08. The maximum Gasteiger partial charge on any atom is 0.306 e. The van der Waals surface area contributed by atoms with Crippen LogP contribution in [0.5, 0.6) is 0 Å². The first-order valence-electron chi connectivity index (χ1n) is 14.7. The van der Waals surface area contributed by atoms with E-state index in [1.807, 2.05) is 19.0 Å². The number of rotatable bonds is 24. The molecular weight excluding hydrogens is 470 g/mol. The van der Waals surface area contributed by atoms with Crippen LogP contribution in [-0.2, 0) is 14.3 Å². The summed E-state index contributed by atoms with van der Waals surface area (Å²) < 4.78 is 5.72. The molecule has 1 atom stereocenters. The minimum atomic E-state index is -0.234. The van der Waals surface area contributed by atoms with E-state index < -0.39 is 0 Å². The number of hydrogen-bond donors (Lipinski definition) is 0. The highest BCUT2D eigenvalue weighted by molar-refractivity contribution is 5.78. The second kappa shape index (κ2) is 27.6. The van der Waals surface area contributed by atoms with E-state index in [4.69, 9.17) is 4.74 Å². The summed E-state index contributed by atoms with van der Waals surface area (Å²) in [7, 11) is 3.93. The molecule has 0 rings (SSSR count). The summed E-state index contributed by atoms with van der Waals surface area (Å²) >= 11 is 0. The normalized spacial score (nSPS) is 13.5. The molecule has 0 radical (unpaired) electrons. The molecule has 0 heterocycles. The predicted octanol–water partition coefficient (Wildman–Crippen LogP) is 8.87. The summed E-state index contributed by atoms with van der Waals surface area (Å²) in [6, 6.07) is 0. The van der Waals surface area contributed by atoms with Crippen molar-refractivity contribution in [2.24, 2.45) is 0 Å². The summed E-state index contributed by atoms with van der Waals surface area (Å²) in [6.07, 6.45) is 37.3. The van der Waals surface area contributed by atoms with Crippen LogP contribution in [0, 0.1) is 0 Å². The van der Waals surface area contributed by atoms with Gasteiger partial charge in [0.1, 0.15) is 11.9 Å². The molecular formula is C34H55NO3. The molecule has 4 heteroatoms. The van der Waals surface area contributed by atoms with Crippen molar-refractivity contribution in [2.75, 3.05) is 20.6 Å². The number of ketones is 1. The lowest BCUT2D eigenvalue weighted by molar-refractivity contribution is -0.150. The minimum Gasteiger partial charge on any atom is -0.461 e. The maximum atomic E-state index is 12.4. The molecule has 1 unspecified atom stereocenters. The number of esters is 1. The molecule has 0 aromatic carbocycles. The summed E-state index contributed by atoms with van der Waals surface area (Å²) in [5, 5.41) is 0. The number of ether oxygens (including phenoxy) is 1. The van der Waals surface area contributed by atoms with Gasteiger partial charge in [-0.1, -0.05) is 86.8 Å². The maximum absolute atomic E-state index is 12.4. The Morgan fingerprint density at radius 3 is 1.55 bits per heavy atom. The fourth-order valence-corrected chi connectivity index (χ4v) is 3.72. The zero-order chi connectivity index (χ0) is 28.1. The SMILES string of the molecule is CC/C=C/C/C=C/C/C=C/CCCC(=O)CCC(CN(C)C)OC(=O)CCC/C=C/C/C=C/C/C=C/CC. The Bertz CT molecular complexity index is 756. The average molecular weight is 526 g/mol. The van der Waals surface area contributed by atoms with E-state index in [1.54, 1.807) is 0 Å². The highest BCUT2D eigenvalue weighted by Crippen LogP contribution is 2.11. The fourth-order valence-electron chi connectivity index (χ4n) is 3.72. The first kappa shape index (κ1) is 35.5. The molecule has 0 aliphatic heterocycles. The zero-order valence-electron chi connectivity index (χ0n) is 24.8. The standard InChI is InChI=1S/C34H55NO3/c1-5-7-9-11-13-15-17-19-21-23-25-27-32(36)29-30-33(31-35(3)4)38-34(37)28-26-24-22-20-18-16-14-12-10-8-6-2/h7-10,13-16,19-22,33H,5-6,11-12,17-18,23-31H2,1-4H3/b9-7+,10-8+,15-13+,16-14+,21-19+,22-20+. The molecule has 0 fully saturated rings. The molecule has 0 aliphatic carbocycles. The molecule has 0 aliphatic rings. The van der Waals surface area contributed by atoms with Crippen LogP contribution in [0.15, 0.2) is 72.9 Å². The van der Waals surface area contributed by atoms with Crippen molar-refractivity contribution < 1.29 is 14.3 Å². The van der Waals surface area contributed by atoms with E-state index in [0.29, 0.717) is 32.2 Å². The molecule has 0 aromatic heterocycles. The lowest BCUT2D eigenvalue weighted by atomic mass is 10.1. The third-order valence-electron chi connectivity index (χ3n) is 5.75. The fraction of sp³-hybridized carbons (Fsp3) is 0.588. The number of likely N-dealkylation sites (N-methyl/N-ethyl adjacent to an activating group) is 1. The molecule has 0 bridgehead atoms. The zero-order valence-corrected chi connectivity index (χ0v) is 24.8. The van der Waals surface area contributed by atoms with Crippen LogP contribution in [0.25, 0.3) is 0 Å². The quantitative estimate of drug-likeness (QED) is 0.0717. The van der Waals surface area contributed by atoms with Gasteiger partial charge >= 0.3 is 5.97 Å². The van der Waals surface area contributed by atoms with Gasteiger partial charge in [-0.15, -0.1) is 0 Å². The summed E-state index contributed by atoms with van der Waals surface area (Å²) in [6.45, 7) is 4.92. The summed E-state index contributed by atoms with van der Waals surface area (Å²) in [5.74, 6) is 0.0854. The van der Waals surface area contributed by atoms with E-state index in [0.717, 1.165) is 64.2 Å². The van der Waals surface area contributed by atoms with E-state index in [1.165, 1.54) is 0 Å². The Morgan fingerprint density at radius 2 is 1.08 bits per heavy atom. The molecule has 38 heavy (non-hydrogen) atoms. The Kier molecular flexibility index (Phi) is 25.8. The van der Waals surface area contributed by atoms with E-state index >= 15 is 0 Å². The van der Waals surface area contributed by atoms with E-state index in [9.17, 15) is 9.59 Å². The van der Waals surface area contributed by atoms with Crippen LogP contribution in [0.4, 0.5) is 0 Å². The van der Waals surface area contributed by atoms with Gasteiger partial charge in [0, 0.05) is 25.8 Å². The number of Topliss-reactive ketones (excluding diaryl/α,β-unsaturated/α-hetero) is 1. The largest absolute Gasteiger partial charge is 0.461 e. The van der Waals surface area contributed by atoms with Crippen LogP contribution in [-0.4, -0.2) is 43.4 Å². The van der Waals surface area contributed by atoms with Crippen molar-refractivity contribution in [1.29, 1.82) is 0 Å². The van der Waals surface area contributed by atoms with Gasteiger partial charge in [-0.3, -0.25) is 9.59 Å². The molecule has 214 valence electrons. The van der Waals surface area contributed by atoms with Gasteiger partial charge in [0.25, 0.3) is 0 Å². The first-order chi connectivity index (χ1) is 18.5. The van der Waals surface area contributed by atoms with Gasteiger partial charge in [-0.25, -0.2) is 0 Å². The number of hydrogen-bond acceptors (Lipinski definition) is 4. The number of carbonyl (C=O) groups excluding carboxylic acids is 2. The van der Waals surface area contributed by atoms with E-state index in [-0.39, 0.29) is 17.9 Å². The second-order valence-electron chi connectivity index (χ2n) is 9.82. The average Bonchev–Trinajstić information content (AvgIpc) is 2.88. The topological polar surface area (TPSA) is 46.6 Å². The number of carbonyl (C=O) groups is 2. The van der Waals surface area contributed by atoms with E-state index in [2.05, 4.69) is 86.8 Å². The van der Waals surface area contributed by atoms with Crippen molar-refractivity contribution >= 4 is 11.8 Å². The van der Waals surface area contributed by atoms with Crippen LogP contribution in [0.1, 0.15) is 104 Å². The smallest absolute Gasteiger partial charge is 0.306 e. The molecule has 0 N–H and O–H groups in total. The van der Waals surface area contributed by atoms with Gasteiger partial charge in [0.2, 0.25) is 0 Å². The van der Waals surface area contributed by atoms with Crippen molar-refractivity contribution in [1.82, 2.24) is 4.90 Å². The van der Waals surface area contributed by atoms with Gasteiger partial charge in [0.05, 0.1) is 0 Å². The Morgan fingerprint density at radius 1 is 0.632 bits per heavy atom. The summed E-state index contributed by atoms with van der Waals surface area (Å²) in [4.78, 5) is 26.7. The van der Waals surface area contributed by atoms with Gasteiger partial charge in [-0.05, 0) is 84.7 Å². The van der Waals surface area contributed by atoms with Crippen LogP contribution < -0.4 is 0 Å². The molecule has 0 aromatic rings. The highest BCUT2D eigenvalue weighted by Gasteiger charge is 2.17. The lowest BCUT2D eigenvalue weighted by Gasteiger charge is -2.21. The van der Waals surface area contributed by atoms with Crippen LogP contribution >= 0.6 is 0 Å². The Labute approximate surface area is 234 Å². The van der Waals surface area contributed by atoms with Crippen LogP contribution in [0.3, 0.4) is 0 Å². The van der Waals surface area contributed by atoms with Gasteiger partial charge in [0.15, 0.2) is 0 Å². The van der Waals surface area contributed by atoms with Crippen molar-refractivity contribution in [3.05, 3.63) is 72.9 Å². The van der Waals surface area contributed by atoms with Crippen molar-refractivity contribution in [2.45, 2.75) is 110 Å². The van der Waals surface area contributed by atoms with Gasteiger partial charge in [-0.2, -0.15) is 0 Å². The van der Waals surface area contributed by atoms with Crippen molar-refractivity contribution in [3.63, 3.8) is 0 Å². The highest BCUT2D eigenvalue weighted by atomic mass is 16.5. The molecule has 0 saturated heterocycles. The monoisotopic (exact) mass is 525 g/mol. The minimum absolute atomic E-state index is 0.166. The predicted molar refractivity (Wildman–Crippen MR) is 164 cm³/mol. The number of allylic oxidation sites excluding steroid dienone is 12. The molecule has 4 nitrogen and oxygen atoms in total. The molecule has 0 saturated carbocycles. The third kappa shape index (κ3) is 26.6. The number of unbranched alkanes of at least 4 members (excludes halogenated alkanes) is 2. The van der Waals surface area contributed by atoms with Crippen LogP contribution in [0.2, 0.25) is 0 Å². The third-order valence-corrected chi connectivity index (χ3v) is 5.75. The second-order valence-corrected chi connectivity index (χ2v) is 9.82. The Hall–Kier alpha value is -2.46. The summed E-state index contributed by atoms with van der Waals surface area (Å²) in [5.41, 5.74) is 0. The first-order valence-corrected chi connectivity index (χ1v) is 14.7. The van der Waals surface area contributed by atoms with Crippen molar-refractivity contribution in [3.8, 4) is 0 Å². The molecule has 0 spiro atoms. The molecule has 0 amide bonds. The number of nitrogens with zero attached hydrogens (tertiary/aromatic N) is 1. The lowest BCUT2D eigenvalue weighted by Crippen LogP contribution is -2.31. The van der Waals surface area contributed by atoms with Gasteiger partial charge < -0.3 is 9.64 Å².